The summed E-state index contributed by atoms with van der Waals surface area (Å²) in [6, 6.07) is 14.5. The lowest BCUT2D eigenvalue weighted by molar-refractivity contribution is -0.120. The van der Waals surface area contributed by atoms with Crippen molar-refractivity contribution in [3.63, 3.8) is 0 Å². The molecule has 3 N–H and O–H groups in total. The van der Waals surface area contributed by atoms with Crippen molar-refractivity contribution in [2.75, 3.05) is 91.6 Å². The SMILES string of the molecule is CC(C)(C)c1noc(C(=O)NCC2CCN(c3ncnc4[nH]c5cc(N6CCN(CC7CCN(c8ccc(N9CCC(=O)NC9=O)cc8)CC7)CC6)ccc5c34)CC2)n1. The third-order valence-electron chi connectivity index (χ3n) is 12.6. The van der Waals surface area contributed by atoms with Crippen LogP contribution in [0.2, 0.25) is 0 Å². The Hall–Kier alpha value is -5.77. The van der Waals surface area contributed by atoms with Crippen molar-refractivity contribution in [1.29, 1.82) is 0 Å². The summed E-state index contributed by atoms with van der Waals surface area (Å²) in [4.78, 5) is 65.3. The number of imide groups is 1. The van der Waals surface area contributed by atoms with Crippen LogP contribution < -0.4 is 30.2 Å². The Kier molecular flexibility index (Phi) is 10.6. The van der Waals surface area contributed by atoms with Crippen molar-refractivity contribution >= 4 is 62.7 Å². The van der Waals surface area contributed by atoms with Crippen LogP contribution in [0.25, 0.3) is 21.9 Å². The second kappa shape index (κ2) is 16.1. The number of H-pyrrole nitrogens is 1. The maximum Gasteiger partial charge on any atom is 0.328 e. The predicted molar refractivity (Wildman–Crippen MR) is 227 cm³/mol. The van der Waals surface area contributed by atoms with E-state index in [1.54, 1.807) is 11.2 Å². The van der Waals surface area contributed by atoms with Gasteiger partial charge in [-0.2, -0.15) is 4.98 Å². The highest BCUT2D eigenvalue weighted by Crippen LogP contribution is 2.35. The Morgan fingerprint density at radius 1 is 0.814 bits per heavy atom. The Balaban J connectivity index is 0.749. The van der Waals surface area contributed by atoms with E-state index < -0.39 is 0 Å². The van der Waals surface area contributed by atoms with Crippen LogP contribution in [0.5, 0.6) is 0 Å². The molecule has 59 heavy (non-hydrogen) atoms. The molecule has 3 aromatic heterocycles. The molecular weight excluding hydrogens is 749 g/mol. The molecule has 0 unspecified atom stereocenters. The standard InChI is InChI=1S/C43H54N12O4/c1-43(2,3)41-49-40(59-50-41)39(57)44-25-28-10-17-54(18-11-28)38-36-33-9-8-32(24-34(33)47-37(36)45-27-46-38)53-22-20-51(21-23-53)26-29-12-15-52(16-13-29)30-4-6-31(7-5-30)55-19-14-35(56)48-42(55)58/h4-9,24,27-29H,10-23,25-26H2,1-3H3,(H,44,57)(H,45,46,47)(H,48,56,58). The Morgan fingerprint density at radius 3 is 2.20 bits per heavy atom. The van der Waals surface area contributed by atoms with Gasteiger partial charge in [-0.3, -0.25) is 24.7 Å². The summed E-state index contributed by atoms with van der Waals surface area (Å²) < 4.78 is 5.22. The monoisotopic (exact) mass is 802 g/mol. The zero-order chi connectivity index (χ0) is 40.7. The van der Waals surface area contributed by atoms with E-state index >= 15 is 0 Å². The van der Waals surface area contributed by atoms with Gasteiger partial charge in [0.2, 0.25) is 5.91 Å². The number of piperidine rings is 2. The number of nitrogens with one attached hydrogen (secondary N) is 3. The van der Waals surface area contributed by atoms with Crippen LogP contribution >= 0.6 is 0 Å². The number of hydrogen-bond acceptors (Lipinski definition) is 12. The number of rotatable bonds is 9. The van der Waals surface area contributed by atoms with E-state index in [2.05, 4.69) is 80.7 Å². The highest BCUT2D eigenvalue weighted by molar-refractivity contribution is 6.12. The Labute approximate surface area is 343 Å². The van der Waals surface area contributed by atoms with Crippen LogP contribution in [0.1, 0.15) is 69.4 Å². The molecule has 2 aromatic carbocycles. The summed E-state index contributed by atoms with van der Waals surface area (Å²) in [6.07, 6.45) is 6.18. The zero-order valence-electron chi connectivity index (χ0n) is 34.2. The highest BCUT2D eigenvalue weighted by atomic mass is 16.5. The lowest BCUT2D eigenvalue weighted by atomic mass is 9.95. The number of hydrogen-bond donors (Lipinski definition) is 3. The fourth-order valence-corrected chi connectivity index (χ4v) is 9.00. The molecule has 0 radical (unpaired) electrons. The molecule has 16 heteroatoms. The molecule has 16 nitrogen and oxygen atoms in total. The van der Waals surface area contributed by atoms with E-state index in [1.165, 1.54) is 11.4 Å². The number of amides is 4. The maximum atomic E-state index is 12.7. The molecular formula is C43H54N12O4. The van der Waals surface area contributed by atoms with Gasteiger partial charge in [-0.25, -0.2) is 14.8 Å². The van der Waals surface area contributed by atoms with E-state index in [9.17, 15) is 14.4 Å². The van der Waals surface area contributed by atoms with E-state index in [0.717, 1.165) is 118 Å². The zero-order valence-corrected chi connectivity index (χ0v) is 34.2. The number of benzene rings is 2. The number of aromatic nitrogens is 5. The summed E-state index contributed by atoms with van der Waals surface area (Å²) in [5, 5.41) is 11.6. The van der Waals surface area contributed by atoms with Crippen molar-refractivity contribution in [2.24, 2.45) is 11.8 Å². The quantitative estimate of drug-likeness (QED) is 0.184. The number of piperazine rings is 1. The number of fused-ring (bicyclic) bond motifs is 3. The average Bonchev–Trinajstić information content (AvgIpc) is 3.90. The number of anilines is 4. The van der Waals surface area contributed by atoms with Gasteiger partial charge in [0.05, 0.1) is 5.39 Å². The number of carbonyl (C=O) groups excluding carboxylic acids is 3. The van der Waals surface area contributed by atoms with E-state index in [0.29, 0.717) is 37.2 Å². The number of carbonyl (C=O) groups is 3. The second-order valence-corrected chi connectivity index (χ2v) is 17.6. The summed E-state index contributed by atoms with van der Waals surface area (Å²) in [5.74, 6) is 1.98. The van der Waals surface area contributed by atoms with Gasteiger partial charge in [-0.1, -0.05) is 25.9 Å². The summed E-state index contributed by atoms with van der Waals surface area (Å²) >= 11 is 0. The minimum absolute atomic E-state index is 0.0128. The third kappa shape index (κ3) is 8.27. The first kappa shape index (κ1) is 38.7. The molecule has 7 heterocycles. The average molecular weight is 803 g/mol. The van der Waals surface area contributed by atoms with Crippen LogP contribution in [-0.4, -0.2) is 120 Å². The van der Waals surface area contributed by atoms with Crippen LogP contribution in [0, 0.1) is 11.8 Å². The first-order valence-corrected chi connectivity index (χ1v) is 21.1. The first-order valence-electron chi connectivity index (χ1n) is 21.1. The fraction of sp³-hybridized carbons (Fsp3) is 0.512. The summed E-state index contributed by atoms with van der Waals surface area (Å²) in [7, 11) is 0. The molecule has 4 aliphatic rings. The van der Waals surface area contributed by atoms with Gasteiger partial charge in [0.1, 0.15) is 17.8 Å². The molecule has 4 fully saturated rings. The second-order valence-electron chi connectivity index (χ2n) is 17.6. The van der Waals surface area contributed by atoms with E-state index in [1.807, 2.05) is 32.9 Å². The van der Waals surface area contributed by atoms with Gasteiger partial charge in [-0.05, 0) is 80.0 Å². The van der Waals surface area contributed by atoms with Gasteiger partial charge >= 0.3 is 17.8 Å². The smallest absolute Gasteiger partial charge is 0.328 e. The maximum absolute atomic E-state index is 12.7. The third-order valence-corrected chi connectivity index (χ3v) is 12.6. The van der Waals surface area contributed by atoms with Gasteiger partial charge in [-0.15, -0.1) is 0 Å². The van der Waals surface area contributed by atoms with Crippen LogP contribution in [-0.2, 0) is 10.2 Å². The van der Waals surface area contributed by atoms with Crippen molar-refractivity contribution in [1.82, 2.24) is 40.6 Å². The largest absolute Gasteiger partial charge is 0.372 e. The minimum Gasteiger partial charge on any atom is -0.372 e. The lowest BCUT2D eigenvalue weighted by Crippen LogP contribution is -2.49. The Morgan fingerprint density at radius 2 is 1.49 bits per heavy atom. The molecule has 0 saturated carbocycles. The lowest BCUT2D eigenvalue weighted by Gasteiger charge is -2.40. The van der Waals surface area contributed by atoms with Crippen molar-refractivity contribution in [3.8, 4) is 0 Å². The summed E-state index contributed by atoms with van der Waals surface area (Å²) in [6.45, 7) is 15.9. The van der Waals surface area contributed by atoms with E-state index in [-0.39, 0.29) is 29.2 Å². The number of aromatic amines is 1. The normalized spacial score (nSPS) is 19.2. The first-order chi connectivity index (χ1) is 28.6. The molecule has 0 atom stereocenters. The topological polar surface area (TPSA) is 172 Å². The van der Waals surface area contributed by atoms with Crippen LogP contribution in [0.4, 0.5) is 27.7 Å². The molecule has 4 amide bonds. The van der Waals surface area contributed by atoms with Gasteiger partial charge < -0.3 is 29.5 Å². The van der Waals surface area contributed by atoms with Crippen molar-refractivity contribution in [3.05, 3.63) is 60.5 Å². The Bertz CT molecular complexity index is 2310. The predicted octanol–water partition coefficient (Wildman–Crippen LogP) is 4.92. The van der Waals surface area contributed by atoms with E-state index in [4.69, 9.17) is 9.51 Å². The number of urea groups is 1. The highest BCUT2D eigenvalue weighted by Gasteiger charge is 2.29. The number of nitrogens with zero attached hydrogens (tertiary/aromatic N) is 9. The molecule has 4 aliphatic heterocycles. The molecule has 5 aromatic rings. The van der Waals surface area contributed by atoms with Crippen LogP contribution in [0.15, 0.2) is 53.3 Å². The molecule has 0 spiro atoms. The molecule has 9 rings (SSSR count). The molecule has 0 aliphatic carbocycles. The molecule has 0 bridgehead atoms. The van der Waals surface area contributed by atoms with Crippen molar-refractivity contribution in [2.45, 2.75) is 58.3 Å². The van der Waals surface area contributed by atoms with Gasteiger partial charge in [0.15, 0.2) is 5.82 Å². The fourth-order valence-electron chi connectivity index (χ4n) is 9.00. The van der Waals surface area contributed by atoms with Gasteiger partial charge in [0, 0.05) is 112 Å². The van der Waals surface area contributed by atoms with Crippen LogP contribution in [0.3, 0.4) is 0 Å². The van der Waals surface area contributed by atoms with Gasteiger partial charge in [0.25, 0.3) is 0 Å². The molecule has 310 valence electrons. The molecule has 4 saturated heterocycles. The van der Waals surface area contributed by atoms with Crippen molar-refractivity contribution < 1.29 is 18.9 Å². The minimum atomic E-state index is -0.348. The summed E-state index contributed by atoms with van der Waals surface area (Å²) in [5.41, 5.74) is 4.87.